The van der Waals surface area contributed by atoms with Gasteiger partial charge in [-0.1, -0.05) is 53.3 Å². The van der Waals surface area contributed by atoms with Crippen LogP contribution in [0.25, 0.3) is 16.0 Å². The van der Waals surface area contributed by atoms with Crippen molar-refractivity contribution in [3.05, 3.63) is 99.1 Å². The Morgan fingerprint density at radius 2 is 1.89 bits per heavy atom. The smallest absolute Gasteiger partial charge is 0.301 e. The summed E-state index contributed by atoms with van der Waals surface area (Å²) in [5, 5.41) is 22.9. The Labute approximate surface area is 215 Å². The zero-order chi connectivity index (χ0) is 26.3. The molecule has 5 rings (SSSR count). The summed E-state index contributed by atoms with van der Waals surface area (Å²) in [5.41, 5.74) is 1.84. The Morgan fingerprint density at radius 3 is 2.59 bits per heavy atom. The number of aliphatic hydroxyl groups is 1. The number of thiazole rings is 1. The predicted molar refractivity (Wildman–Crippen MR) is 140 cm³/mol. The molecule has 0 bridgehead atoms. The number of benzene rings is 3. The van der Waals surface area contributed by atoms with Gasteiger partial charge in [-0.05, 0) is 37.6 Å². The molecule has 4 aromatic rings. The predicted octanol–water partition coefficient (Wildman–Crippen LogP) is 5.54. The van der Waals surface area contributed by atoms with Crippen LogP contribution in [0.4, 0.5) is 10.8 Å². The lowest BCUT2D eigenvalue weighted by molar-refractivity contribution is -0.384. The topological polar surface area (TPSA) is 123 Å². The summed E-state index contributed by atoms with van der Waals surface area (Å²) in [6, 6.07) is 16.7. The van der Waals surface area contributed by atoms with Crippen LogP contribution in [0.2, 0.25) is 0 Å². The number of Topliss-reactive ketones (excluding diaryl/α,β-unsaturated/α-hetero) is 1. The maximum absolute atomic E-state index is 13.4. The number of amides is 1. The van der Waals surface area contributed by atoms with E-state index < -0.39 is 22.7 Å². The molecule has 3 aromatic carbocycles. The van der Waals surface area contributed by atoms with Gasteiger partial charge in [0.1, 0.15) is 11.5 Å². The number of rotatable bonds is 6. The van der Waals surface area contributed by atoms with Gasteiger partial charge in [0, 0.05) is 17.7 Å². The van der Waals surface area contributed by atoms with Gasteiger partial charge in [0.25, 0.3) is 11.5 Å². The average molecular weight is 516 g/mol. The minimum absolute atomic E-state index is 0.163. The molecule has 10 heteroatoms. The summed E-state index contributed by atoms with van der Waals surface area (Å²) in [4.78, 5) is 43.4. The van der Waals surface area contributed by atoms with Crippen LogP contribution in [-0.4, -0.2) is 33.3 Å². The Hall–Kier alpha value is -4.57. The third-order valence-electron chi connectivity index (χ3n) is 6.03. The molecule has 1 amide bonds. The molecule has 9 nitrogen and oxygen atoms in total. The molecule has 0 spiro atoms. The third kappa shape index (κ3) is 4.31. The van der Waals surface area contributed by atoms with Crippen LogP contribution in [0.3, 0.4) is 0 Å². The highest BCUT2D eigenvalue weighted by atomic mass is 32.1. The second kappa shape index (κ2) is 9.47. The summed E-state index contributed by atoms with van der Waals surface area (Å²) in [6.07, 6.45) is 0. The van der Waals surface area contributed by atoms with Gasteiger partial charge in [0.15, 0.2) is 5.13 Å². The monoisotopic (exact) mass is 515 g/mol. The van der Waals surface area contributed by atoms with Crippen LogP contribution in [-0.2, 0) is 9.59 Å². The van der Waals surface area contributed by atoms with Crippen molar-refractivity contribution in [2.75, 3.05) is 11.5 Å². The summed E-state index contributed by atoms with van der Waals surface area (Å²) < 4.78 is 6.29. The van der Waals surface area contributed by atoms with E-state index in [1.54, 1.807) is 48.5 Å². The van der Waals surface area contributed by atoms with E-state index in [0.717, 1.165) is 10.3 Å². The minimum atomic E-state index is -1.12. The number of ether oxygens (including phenoxy) is 1. The van der Waals surface area contributed by atoms with Gasteiger partial charge in [0.05, 0.1) is 33.4 Å². The molecule has 1 atom stereocenters. The molecule has 1 N–H and O–H groups in total. The van der Waals surface area contributed by atoms with Gasteiger partial charge < -0.3 is 9.84 Å². The largest absolute Gasteiger partial charge is 0.507 e. The average Bonchev–Trinajstić information content (AvgIpc) is 3.42. The first-order valence-electron chi connectivity index (χ1n) is 11.4. The Balaban J connectivity index is 1.71. The number of fused-ring (bicyclic) bond motifs is 1. The number of non-ortho nitro benzene ring substituents is 1. The van der Waals surface area contributed by atoms with E-state index >= 15 is 0 Å². The van der Waals surface area contributed by atoms with Gasteiger partial charge in [-0.15, -0.1) is 0 Å². The van der Waals surface area contributed by atoms with Crippen molar-refractivity contribution in [1.29, 1.82) is 0 Å². The fourth-order valence-corrected chi connectivity index (χ4v) is 5.29. The lowest BCUT2D eigenvalue weighted by atomic mass is 9.95. The number of aryl methyl sites for hydroxylation is 1. The van der Waals surface area contributed by atoms with Gasteiger partial charge in [0.2, 0.25) is 0 Å². The molecule has 0 aliphatic carbocycles. The molecule has 1 saturated heterocycles. The maximum atomic E-state index is 13.4. The molecule has 186 valence electrons. The first kappa shape index (κ1) is 24.1. The van der Waals surface area contributed by atoms with E-state index in [9.17, 15) is 24.8 Å². The van der Waals surface area contributed by atoms with Crippen LogP contribution in [0.1, 0.15) is 29.7 Å². The first-order valence-corrected chi connectivity index (χ1v) is 12.3. The molecule has 0 saturated carbocycles. The van der Waals surface area contributed by atoms with Crippen molar-refractivity contribution in [1.82, 2.24) is 4.98 Å². The summed E-state index contributed by atoms with van der Waals surface area (Å²) in [5.74, 6) is -1.50. The third-order valence-corrected chi connectivity index (χ3v) is 7.05. The van der Waals surface area contributed by atoms with Crippen molar-refractivity contribution in [2.24, 2.45) is 0 Å². The number of nitrogens with zero attached hydrogens (tertiary/aromatic N) is 3. The Bertz CT molecular complexity index is 1590. The fourth-order valence-electron chi connectivity index (χ4n) is 4.27. The number of nitro benzene ring substituents is 1. The molecule has 1 aliphatic rings. The van der Waals surface area contributed by atoms with Crippen molar-refractivity contribution in [2.45, 2.75) is 19.9 Å². The zero-order valence-electron chi connectivity index (χ0n) is 19.9. The molecular formula is C27H21N3O6S. The fraction of sp³-hybridized carbons (Fsp3) is 0.148. The molecule has 1 aromatic heterocycles. The van der Waals surface area contributed by atoms with Crippen LogP contribution < -0.4 is 9.64 Å². The number of carbonyl (C=O) groups is 2. The number of ketones is 1. The zero-order valence-corrected chi connectivity index (χ0v) is 20.7. The van der Waals surface area contributed by atoms with Crippen LogP contribution in [0.15, 0.2) is 72.3 Å². The number of aliphatic hydroxyl groups excluding tert-OH is 1. The van der Waals surface area contributed by atoms with Crippen molar-refractivity contribution in [3.8, 4) is 5.75 Å². The van der Waals surface area contributed by atoms with Crippen molar-refractivity contribution in [3.63, 3.8) is 0 Å². The first-order chi connectivity index (χ1) is 17.8. The second-order valence-corrected chi connectivity index (χ2v) is 9.46. The molecule has 1 fully saturated rings. The lowest BCUT2D eigenvalue weighted by Crippen LogP contribution is -2.29. The van der Waals surface area contributed by atoms with Crippen LogP contribution in [0.5, 0.6) is 5.75 Å². The summed E-state index contributed by atoms with van der Waals surface area (Å²) in [7, 11) is 0. The standard InChI is InChI=1S/C27H21N3O6S/c1-3-36-19-11-12-20-21(14-19)37-27(28-20)29-23(17-5-4-6-18(13-17)30(34)35)22(25(32)26(29)33)24(31)16-9-7-15(2)8-10-16/h4-14,23,31H,3H2,1-2H3/b24-22+/t23-/m1/s1. The van der Waals surface area contributed by atoms with E-state index in [-0.39, 0.29) is 22.2 Å². The van der Waals surface area contributed by atoms with Crippen LogP contribution in [0, 0.1) is 17.0 Å². The van der Waals surface area contributed by atoms with Gasteiger partial charge >= 0.3 is 5.91 Å². The van der Waals surface area contributed by atoms with E-state index in [2.05, 4.69) is 4.98 Å². The molecular weight excluding hydrogens is 494 g/mol. The number of hydrogen-bond donors (Lipinski definition) is 1. The number of aromatic nitrogens is 1. The molecule has 0 unspecified atom stereocenters. The van der Waals surface area contributed by atoms with Crippen molar-refractivity contribution >= 4 is 49.8 Å². The minimum Gasteiger partial charge on any atom is -0.507 e. The number of anilines is 1. The number of nitro groups is 1. The quantitative estimate of drug-likeness (QED) is 0.118. The molecule has 2 heterocycles. The Morgan fingerprint density at radius 1 is 1.14 bits per heavy atom. The van der Waals surface area contributed by atoms with Crippen LogP contribution >= 0.6 is 11.3 Å². The second-order valence-electron chi connectivity index (χ2n) is 8.45. The lowest BCUT2D eigenvalue weighted by Gasteiger charge is -2.22. The molecule has 1 aliphatic heterocycles. The molecule has 0 radical (unpaired) electrons. The SMILES string of the molecule is CCOc1ccc2nc(N3C(=O)C(=O)/C(=C(/O)c4ccc(C)cc4)[C@H]3c3cccc([N+](=O)[O-])c3)sc2c1. The maximum Gasteiger partial charge on any atom is 0.301 e. The Kier molecular flexibility index (Phi) is 6.18. The van der Waals surface area contributed by atoms with E-state index in [4.69, 9.17) is 4.74 Å². The van der Waals surface area contributed by atoms with Gasteiger partial charge in [-0.25, -0.2) is 4.98 Å². The van der Waals surface area contributed by atoms with Gasteiger partial charge in [-0.3, -0.25) is 24.6 Å². The van der Waals surface area contributed by atoms with Crippen molar-refractivity contribution < 1.29 is 24.4 Å². The highest BCUT2D eigenvalue weighted by molar-refractivity contribution is 7.22. The summed E-state index contributed by atoms with van der Waals surface area (Å²) >= 11 is 1.18. The van der Waals surface area contributed by atoms with Gasteiger partial charge in [-0.2, -0.15) is 0 Å². The van der Waals surface area contributed by atoms with E-state index in [0.29, 0.717) is 29.0 Å². The van der Waals surface area contributed by atoms with E-state index in [1.165, 1.54) is 34.4 Å². The number of carbonyl (C=O) groups excluding carboxylic acids is 2. The highest BCUT2D eigenvalue weighted by Crippen LogP contribution is 2.45. The number of hydrogen-bond acceptors (Lipinski definition) is 8. The molecule has 37 heavy (non-hydrogen) atoms. The van der Waals surface area contributed by atoms with E-state index in [1.807, 2.05) is 13.8 Å². The summed E-state index contributed by atoms with van der Waals surface area (Å²) in [6.45, 7) is 4.24. The normalized spacial score (nSPS) is 16.9. The highest BCUT2D eigenvalue weighted by Gasteiger charge is 2.48.